The molecule has 1 aliphatic heterocycles. The molecule has 1 fully saturated rings. The highest BCUT2D eigenvalue weighted by atomic mass is 32.1. The molecule has 0 saturated carbocycles. The predicted octanol–water partition coefficient (Wildman–Crippen LogP) is 3.23. The van der Waals surface area contributed by atoms with Gasteiger partial charge in [-0.05, 0) is 44.4 Å². The maximum Gasteiger partial charge on any atom is 0.124 e. The Kier molecular flexibility index (Phi) is 3.85. The van der Waals surface area contributed by atoms with Gasteiger partial charge >= 0.3 is 0 Å². The lowest BCUT2D eigenvalue weighted by molar-refractivity contribution is 0.616. The van der Waals surface area contributed by atoms with Crippen LogP contribution in [0.2, 0.25) is 0 Å². The molecule has 2 N–H and O–H groups in total. The summed E-state index contributed by atoms with van der Waals surface area (Å²) in [7, 11) is 0. The number of anilines is 1. The van der Waals surface area contributed by atoms with Gasteiger partial charge in [-0.1, -0.05) is 19.1 Å². The topological polar surface area (TPSA) is 29.3 Å². The first-order valence-electron chi connectivity index (χ1n) is 6.42. The largest absolute Gasteiger partial charge is 0.389 e. The summed E-state index contributed by atoms with van der Waals surface area (Å²) in [5.41, 5.74) is 7.34. The van der Waals surface area contributed by atoms with Crippen LogP contribution in [0.15, 0.2) is 18.2 Å². The van der Waals surface area contributed by atoms with Crippen LogP contribution in [0.4, 0.5) is 10.1 Å². The number of halogens is 1. The van der Waals surface area contributed by atoms with E-state index in [1.807, 2.05) is 0 Å². The van der Waals surface area contributed by atoms with E-state index >= 15 is 0 Å². The Morgan fingerprint density at radius 3 is 2.83 bits per heavy atom. The zero-order valence-corrected chi connectivity index (χ0v) is 11.6. The van der Waals surface area contributed by atoms with Crippen LogP contribution in [-0.4, -0.2) is 17.1 Å². The number of rotatable bonds is 3. The van der Waals surface area contributed by atoms with Crippen LogP contribution in [0.3, 0.4) is 0 Å². The van der Waals surface area contributed by atoms with Crippen molar-refractivity contribution in [1.82, 2.24) is 0 Å². The quantitative estimate of drug-likeness (QED) is 0.852. The molecule has 1 aromatic carbocycles. The van der Waals surface area contributed by atoms with Gasteiger partial charge in [0.2, 0.25) is 0 Å². The van der Waals surface area contributed by atoms with Crippen molar-refractivity contribution in [3.05, 3.63) is 29.6 Å². The lowest BCUT2D eigenvalue weighted by Gasteiger charge is -2.32. The van der Waals surface area contributed by atoms with E-state index in [4.69, 9.17) is 18.0 Å². The van der Waals surface area contributed by atoms with E-state index in [0.29, 0.717) is 17.6 Å². The van der Waals surface area contributed by atoms with Gasteiger partial charge in [-0.3, -0.25) is 0 Å². The second kappa shape index (κ2) is 5.22. The Labute approximate surface area is 113 Å². The fourth-order valence-electron chi connectivity index (χ4n) is 2.84. The molecule has 4 heteroatoms. The predicted molar refractivity (Wildman–Crippen MR) is 77.5 cm³/mol. The smallest absolute Gasteiger partial charge is 0.124 e. The molecule has 18 heavy (non-hydrogen) atoms. The Balaban J connectivity index is 2.46. The van der Waals surface area contributed by atoms with Crippen molar-refractivity contribution >= 4 is 22.9 Å². The summed E-state index contributed by atoms with van der Waals surface area (Å²) in [5, 5.41) is 0. The maximum absolute atomic E-state index is 13.3. The van der Waals surface area contributed by atoms with E-state index in [-0.39, 0.29) is 10.8 Å². The SMILES string of the molecule is CCC1CCC(C)N1c1ccc(F)cc1C(N)=S. The third-order valence-electron chi connectivity index (χ3n) is 3.76. The molecule has 0 bridgehead atoms. The monoisotopic (exact) mass is 266 g/mol. The molecule has 0 aromatic heterocycles. The number of nitrogens with zero attached hydrogens (tertiary/aromatic N) is 1. The molecule has 2 unspecified atom stereocenters. The van der Waals surface area contributed by atoms with Gasteiger partial charge in [0.25, 0.3) is 0 Å². The van der Waals surface area contributed by atoms with Crippen LogP contribution >= 0.6 is 12.2 Å². The Morgan fingerprint density at radius 1 is 1.50 bits per heavy atom. The van der Waals surface area contributed by atoms with Crippen molar-refractivity contribution in [1.29, 1.82) is 0 Å². The lowest BCUT2D eigenvalue weighted by atomic mass is 10.1. The number of thiocarbonyl (C=S) groups is 1. The van der Waals surface area contributed by atoms with Crippen molar-refractivity contribution in [3.63, 3.8) is 0 Å². The van der Waals surface area contributed by atoms with Crippen molar-refractivity contribution in [2.75, 3.05) is 4.90 Å². The minimum Gasteiger partial charge on any atom is -0.389 e. The van der Waals surface area contributed by atoms with Crippen LogP contribution in [0.5, 0.6) is 0 Å². The number of benzene rings is 1. The van der Waals surface area contributed by atoms with Crippen LogP contribution in [-0.2, 0) is 0 Å². The van der Waals surface area contributed by atoms with Crippen LogP contribution < -0.4 is 10.6 Å². The molecule has 1 heterocycles. The lowest BCUT2D eigenvalue weighted by Crippen LogP contribution is -2.35. The van der Waals surface area contributed by atoms with Crippen LogP contribution in [0.1, 0.15) is 38.7 Å². The number of hydrogen-bond donors (Lipinski definition) is 1. The molecule has 98 valence electrons. The van der Waals surface area contributed by atoms with E-state index in [0.717, 1.165) is 18.5 Å². The second-order valence-electron chi connectivity index (χ2n) is 4.92. The van der Waals surface area contributed by atoms with E-state index in [1.165, 1.54) is 18.6 Å². The second-order valence-corrected chi connectivity index (χ2v) is 5.36. The van der Waals surface area contributed by atoms with Gasteiger partial charge in [0.1, 0.15) is 10.8 Å². The summed E-state index contributed by atoms with van der Waals surface area (Å²) in [4.78, 5) is 2.60. The third-order valence-corrected chi connectivity index (χ3v) is 3.98. The number of hydrogen-bond acceptors (Lipinski definition) is 2. The van der Waals surface area contributed by atoms with E-state index in [2.05, 4.69) is 18.7 Å². The Bertz CT molecular complexity index is 461. The molecule has 0 aliphatic carbocycles. The highest BCUT2D eigenvalue weighted by molar-refractivity contribution is 7.80. The van der Waals surface area contributed by atoms with Gasteiger partial charge < -0.3 is 10.6 Å². The van der Waals surface area contributed by atoms with Crippen molar-refractivity contribution in [3.8, 4) is 0 Å². The molecule has 2 nitrogen and oxygen atoms in total. The third kappa shape index (κ3) is 2.34. The van der Waals surface area contributed by atoms with Crippen molar-refractivity contribution in [2.24, 2.45) is 5.73 Å². The molecule has 2 rings (SSSR count). The van der Waals surface area contributed by atoms with Gasteiger partial charge in [-0.25, -0.2) is 4.39 Å². The summed E-state index contributed by atoms with van der Waals surface area (Å²) >= 11 is 5.04. The standard InChI is InChI=1S/C14H19FN2S/c1-3-11-6-4-9(2)17(11)13-7-5-10(15)8-12(13)14(16)18/h5,7-9,11H,3-4,6H2,1-2H3,(H2,16,18). The van der Waals surface area contributed by atoms with Crippen molar-refractivity contribution < 1.29 is 4.39 Å². The minimum atomic E-state index is -0.290. The first kappa shape index (κ1) is 13.3. The first-order valence-corrected chi connectivity index (χ1v) is 6.83. The van der Waals surface area contributed by atoms with Gasteiger partial charge in [-0.2, -0.15) is 0 Å². The molecule has 1 aliphatic rings. The first-order chi connectivity index (χ1) is 8.54. The van der Waals surface area contributed by atoms with Gasteiger partial charge in [0, 0.05) is 23.3 Å². The molecule has 0 amide bonds. The summed E-state index contributed by atoms with van der Waals surface area (Å²) in [6.07, 6.45) is 3.41. The van der Waals surface area contributed by atoms with E-state index < -0.39 is 0 Å². The van der Waals surface area contributed by atoms with Gasteiger partial charge in [0.05, 0.1) is 0 Å². The molecule has 2 atom stereocenters. The zero-order chi connectivity index (χ0) is 13.3. The molecular weight excluding hydrogens is 247 g/mol. The average molecular weight is 266 g/mol. The van der Waals surface area contributed by atoms with Gasteiger partial charge in [-0.15, -0.1) is 0 Å². The summed E-state index contributed by atoms with van der Waals surface area (Å²) < 4.78 is 13.3. The van der Waals surface area contributed by atoms with Crippen molar-refractivity contribution in [2.45, 2.75) is 45.2 Å². The summed E-state index contributed by atoms with van der Waals surface area (Å²) in [6, 6.07) is 5.67. The normalized spacial score (nSPS) is 23.4. The number of nitrogens with two attached hydrogens (primary N) is 1. The van der Waals surface area contributed by atoms with Gasteiger partial charge in [0.15, 0.2) is 0 Å². The molecule has 0 spiro atoms. The van der Waals surface area contributed by atoms with Crippen LogP contribution in [0.25, 0.3) is 0 Å². The molecular formula is C14H19FN2S. The van der Waals surface area contributed by atoms with E-state index in [1.54, 1.807) is 6.07 Å². The highest BCUT2D eigenvalue weighted by Crippen LogP contribution is 2.34. The van der Waals surface area contributed by atoms with Crippen LogP contribution in [0, 0.1) is 5.82 Å². The zero-order valence-electron chi connectivity index (χ0n) is 10.8. The average Bonchev–Trinajstić information content (AvgIpc) is 2.70. The summed E-state index contributed by atoms with van der Waals surface area (Å²) in [6.45, 7) is 4.38. The molecule has 1 aromatic rings. The molecule has 1 saturated heterocycles. The Hall–Kier alpha value is -1.16. The van der Waals surface area contributed by atoms with E-state index in [9.17, 15) is 4.39 Å². The highest BCUT2D eigenvalue weighted by Gasteiger charge is 2.31. The fraction of sp³-hybridized carbons (Fsp3) is 0.500. The fourth-order valence-corrected chi connectivity index (χ4v) is 3.00. The minimum absolute atomic E-state index is 0.262. The maximum atomic E-state index is 13.3. The summed E-state index contributed by atoms with van der Waals surface area (Å²) in [5.74, 6) is -0.290. The Morgan fingerprint density at radius 2 is 2.22 bits per heavy atom. The molecule has 0 radical (unpaired) electrons.